The molecule has 0 aliphatic carbocycles. The van der Waals surface area contributed by atoms with Gasteiger partial charge in [-0.1, -0.05) is 32.0 Å². The first-order valence-corrected chi connectivity index (χ1v) is 10.2. The molecule has 0 heterocycles. The second-order valence-corrected chi connectivity index (χ2v) is 6.71. The molecule has 2 amide bonds. The van der Waals surface area contributed by atoms with Crippen molar-refractivity contribution in [1.29, 1.82) is 0 Å². The van der Waals surface area contributed by atoms with Crippen LogP contribution >= 0.6 is 0 Å². The molecule has 0 radical (unpaired) electrons. The molecule has 0 aromatic heterocycles. The van der Waals surface area contributed by atoms with Gasteiger partial charge in [0.1, 0.15) is 18.1 Å². The first-order valence-electron chi connectivity index (χ1n) is 10.2. The number of para-hydroxylation sites is 1. The molecule has 162 valence electrons. The highest BCUT2D eigenvalue weighted by atomic mass is 16.5. The third kappa shape index (κ3) is 7.40. The Bertz CT molecular complexity index is 807. The van der Waals surface area contributed by atoms with Crippen LogP contribution in [0.4, 0.5) is 0 Å². The van der Waals surface area contributed by atoms with Crippen molar-refractivity contribution < 1.29 is 23.8 Å². The minimum absolute atomic E-state index is 0.194. The van der Waals surface area contributed by atoms with Crippen LogP contribution in [0.5, 0.6) is 11.5 Å². The highest BCUT2D eigenvalue weighted by molar-refractivity contribution is 5.95. The van der Waals surface area contributed by atoms with Gasteiger partial charge in [-0.25, -0.2) is 0 Å². The van der Waals surface area contributed by atoms with Crippen LogP contribution in [0.1, 0.15) is 49.0 Å². The molecule has 1 unspecified atom stereocenters. The van der Waals surface area contributed by atoms with Gasteiger partial charge in [0.25, 0.3) is 11.8 Å². The number of carbonyl (C=O) groups is 2. The van der Waals surface area contributed by atoms with Gasteiger partial charge in [0.2, 0.25) is 0 Å². The topological polar surface area (TPSA) is 85.9 Å². The van der Waals surface area contributed by atoms with Gasteiger partial charge in [0.15, 0.2) is 6.61 Å². The lowest BCUT2D eigenvalue weighted by molar-refractivity contribution is -0.123. The number of hydrogen-bond donors (Lipinski definition) is 2. The summed E-state index contributed by atoms with van der Waals surface area (Å²) in [5.74, 6) is 0.773. The summed E-state index contributed by atoms with van der Waals surface area (Å²) in [5.41, 5.74) is 6.20. The molecule has 30 heavy (non-hydrogen) atoms. The number of nitrogens with one attached hydrogen (secondary N) is 2. The van der Waals surface area contributed by atoms with Crippen molar-refractivity contribution in [2.45, 2.75) is 33.1 Å². The summed E-state index contributed by atoms with van der Waals surface area (Å²) < 4.78 is 16.4. The standard InChI is InChI=1S/C23H30N2O5/c1-4-17(3)20-8-6-7-9-21(20)30-16-22(26)24-25-23(27)18-10-12-19(13-11-18)29-15-14-28-5-2/h6-13,17H,4-5,14-16H2,1-3H3,(H,24,26)(H,25,27). The molecular formula is C23H30N2O5. The predicted molar refractivity (Wildman–Crippen MR) is 115 cm³/mol. The number of carbonyl (C=O) groups excluding carboxylic acids is 2. The van der Waals surface area contributed by atoms with Crippen molar-refractivity contribution in [3.63, 3.8) is 0 Å². The van der Waals surface area contributed by atoms with Crippen LogP contribution in [-0.4, -0.2) is 38.2 Å². The molecule has 7 heteroatoms. The zero-order valence-corrected chi connectivity index (χ0v) is 17.8. The Balaban J connectivity index is 1.77. The maximum Gasteiger partial charge on any atom is 0.276 e. The van der Waals surface area contributed by atoms with Gasteiger partial charge in [-0.3, -0.25) is 20.4 Å². The molecular weight excluding hydrogens is 384 g/mol. The van der Waals surface area contributed by atoms with Crippen molar-refractivity contribution >= 4 is 11.8 Å². The minimum atomic E-state index is -0.446. The zero-order valence-electron chi connectivity index (χ0n) is 17.8. The van der Waals surface area contributed by atoms with Crippen LogP contribution in [-0.2, 0) is 9.53 Å². The largest absolute Gasteiger partial charge is 0.491 e. The Morgan fingerprint density at radius 3 is 2.37 bits per heavy atom. The molecule has 0 saturated carbocycles. The van der Waals surface area contributed by atoms with Crippen LogP contribution in [0.3, 0.4) is 0 Å². The smallest absolute Gasteiger partial charge is 0.276 e. The van der Waals surface area contributed by atoms with E-state index >= 15 is 0 Å². The Hall–Kier alpha value is -3.06. The second kappa shape index (κ2) is 12.5. The molecule has 0 aliphatic rings. The molecule has 0 aliphatic heterocycles. The molecule has 2 aromatic rings. The Morgan fingerprint density at radius 1 is 0.933 bits per heavy atom. The van der Waals surface area contributed by atoms with E-state index < -0.39 is 11.8 Å². The van der Waals surface area contributed by atoms with Gasteiger partial charge in [-0.05, 0) is 55.2 Å². The van der Waals surface area contributed by atoms with E-state index in [1.807, 2.05) is 31.2 Å². The Labute approximate surface area is 177 Å². The van der Waals surface area contributed by atoms with Crippen molar-refractivity contribution in [2.75, 3.05) is 26.4 Å². The van der Waals surface area contributed by atoms with Crippen molar-refractivity contribution in [2.24, 2.45) is 0 Å². The predicted octanol–water partition coefficient (Wildman–Crippen LogP) is 3.46. The summed E-state index contributed by atoms with van der Waals surface area (Å²) in [6, 6.07) is 14.3. The number of benzene rings is 2. The molecule has 2 aromatic carbocycles. The van der Waals surface area contributed by atoms with Gasteiger partial charge in [0.05, 0.1) is 6.61 Å². The van der Waals surface area contributed by atoms with E-state index in [0.29, 0.717) is 42.8 Å². The average Bonchev–Trinajstić information content (AvgIpc) is 2.79. The van der Waals surface area contributed by atoms with Gasteiger partial charge in [-0.2, -0.15) is 0 Å². The summed E-state index contributed by atoms with van der Waals surface area (Å²) in [4.78, 5) is 24.2. The minimum Gasteiger partial charge on any atom is -0.491 e. The van der Waals surface area contributed by atoms with Crippen LogP contribution in [0.15, 0.2) is 48.5 Å². The highest BCUT2D eigenvalue weighted by Crippen LogP contribution is 2.28. The fourth-order valence-electron chi connectivity index (χ4n) is 2.68. The maximum absolute atomic E-state index is 12.2. The zero-order chi connectivity index (χ0) is 21.8. The summed E-state index contributed by atoms with van der Waals surface area (Å²) >= 11 is 0. The van der Waals surface area contributed by atoms with Crippen molar-refractivity contribution in [1.82, 2.24) is 10.9 Å². The quantitative estimate of drug-likeness (QED) is 0.434. The molecule has 7 nitrogen and oxygen atoms in total. The summed E-state index contributed by atoms with van der Waals surface area (Å²) in [7, 11) is 0. The lowest BCUT2D eigenvalue weighted by Gasteiger charge is -2.15. The fourth-order valence-corrected chi connectivity index (χ4v) is 2.68. The van der Waals surface area contributed by atoms with Crippen LogP contribution in [0, 0.1) is 0 Å². The summed E-state index contributed by atoms with van der Waals surface area (Å²) in [6.45, 7) is 7.53. The molecule has 0 spiro atoms. The second-order valence-electron chi connectivity index (χ2n) is 6.71. The third-order valence-electron chi connectivity index (χ3n) is 4.55. The highest BCUT2D eigenvalue weighted by Gasteiger charge is 2.12. The molecule has 1 atom stereocenters. The van der Waals surface area contributed by atoms with E-state index in [9.17, 15) is 9.59 Å². The van der Waals surface area contributed by atoms with E-state index in [4.69, 9.17) is 14.2 Å². The monoisotopic (exact) mass is 414 g/mol. The van der Waals surface area contributed by atoms with Gasteiger partial charge >= 0.3 is 0 Å². The lowest BCUT2D eigenvalue weighted by atomic mass is 9.98. The average molecular weight is 415 g/mol. The molecule has 0 saturated heterocycles. The molecule has 0 fully saturated rings. The molecule has 2 rings (SSSR count). The van der Waals surface area contributed by atoms with E-state index in [0.717, 1.165) is 12.0 Å². The summed E-state index contributed by atoms with van der Waals surface area (Å²) in [5, 5.41) is 0. The lowest BCUT2D eigenvalue weighted by Crippen LogP contribution is -2.43. The van der Waals surface area contributed by atoms with E-state index in [1.165, 1.54) is 0 Å². The van der Waals surface area contributed by atoms with Crippen LogP contribution in [0.2, 0.25) is 0 Å². The van der Waals surface area contributed by atoms with E-state index in [2.05, 4.69) is 24.7 Å². The normalized spacial score (nSPS) is 11.4. The molecule has 0 bridgehead atoms. The van der Waals surface area contributed by atoms with Crippen LogP contribution < -0.4 is 20.3 Å². The fraction of sp³-hybridized carbons (Fsp3) is 0.391. The summed E-state index contributed by atoms with van der Waals surface area (Å²) in [6.07, 6.45) is 0.971. The van der Waals surface area contributed by atoms with Gasteiger partial charge in [-0.15, -0.1) is 0 Å². The first-order chi connectivity index (χ1) is 14.5. The Kier molecular flexibility index (Phi) is 9.67. The number of rotatable bonds is 11. The van der Waals surface area contributed by atoms with Crippen LogP contribution in [0.25, 0.3) is 0 Å². The first kappa shape index (κ1) is 23.2. The van der Waals surface area contributed by atoms with Crippen molar-refractivity contribution in [3.05, 3.63) is 59.7 Å². The third-order valence-corrected chi connectivity index (χ3v) is 4.55. The number of hydrazine groups is 1. The van der Waals surface area contributed by atoms with E-state index in [-0.39, 0.29) is 6.61 Å². The maximum atomic E-state index is 12.2. The molecule has 2 N–H and O–H groups in total. The Morgan fingerprint density at radius 2 is 1.67 bits per heavy atom. The van der Waals surface area contributed by atoms with Gasteiger partial charge < -0.3 is 14.2 Å². The van der Waals surface area contributed by atoms with Gasteiger partial charge in [0, 0.05) is 12.2 Å². The number of ether oxygens (including phenoxy) is 3. The SMILES string of the molecule is CCOCCOc1ccc(C(=O)NNC(=O)COc2ccccc2C(C)CC)cc1. The van der Waals surface area contributed by atoms with Crippen molar-refractivity contribution in [3.8, 4) is 11.5 Å². The number of hydrogen-bond acceptors (Lipinski definition) is 5. The number of amides is 2. The van der Waals surface area contributed by atoms with E-state index in [1.54, 1.807) is 24.3 Å².